The van der Waals surface area contributed by atoms with Gasteiger partial charge in [-0.1, -0.05) is 97.1 Å². The van der Waals surface area contributed by atoms with Crippen LogP contribution in [0.3, 0.4) is 0 Å². The van der Waals surface area contributed by atoms with E-state index < -0.39 is 20.5 Å². The van der Waals surface area contributed by atoms with Crippen molar-refractivity contribution in [2.24, 2.45) is 0 Å². The molecule has 16 nitrogen and oxygen atoms in total. The van der Waals surface area contributed by atoms with Crippen molar-refractivity contribution in [2.45, 2.75) is 0 Å². The average Bonchev–Trinajstić information content (AvgIpc) is 4.11. The van der Waals surface area contributed by atoms with E-state index in [2.05, 4.69) is 117 Å². The van der Waals surface area contributed by atoms with Crippen molar-refractivity contribution in [3.63, 3.8) is 0 Å². The molecule has 0 aliphatic carbocycles. The smallest absolute Gasteiger partial charge is 0.255 e. The average molecular weight is 1160 g/mol. The summed E-state index contributed by atoms with van der Waals surface area (Å²) in [6.45, 7) is 0. The van der Waals surface area contributed by atoms with Gasteiger partial charge in [0.2, 0.25) is 0 Å². The second-order valence-corrected chi connectivity index (χ2v) is 15.7. The molecule has 0 atom stereocenters. The van der Waals surface area contributed by atoms with Crippen molar-refractivity contribution in [1.82, 2.24) is 39.5 Å². The van der Waals surface area contributed by atoms with Gasteiger partial charge >= 0.3 is 44.8 Å². The number of halogens is 2. The summed E-state index contributed by atoms with van der Waals surface area (Å²) in [7, 11) is -9.89. The molecule has 0 spiro atoms. The van der Waals surface area contributed by atoms with Crippen LogP contribution in [0.15, 0.2) is 219 Å². The van der Waals surface area contributed by atoms with Crippen LogP contribution in [0.2, 0.25) is 0 Å². The quantitative estimate of drug-likeness (QED) is 0.197. The Bertz CT molecular complexity index is 2750. The molecule has 0 fully saturated rings. The van der Waals surface area contributed by atoms with Crippen molar-refractivity contribution < 1.29 is 103 Å². The van der Waals surface area contributed by atoms with Gasteiger partial charge in [-0.05, 0) is 107 Å². The minimum absolute atomic E-state index is 0. The Morgan fingerprint density at radius 2 is 0.629 bits per heavy atom. The zero-order chi connectivity index (χ0) is 47.9. The molecule has 0 aliphatic rings. The first kappa shape index (κ1) is 54.6. The zero-order valence-electron chi connectivity index (χ0n) is 36.0. The Morgan fingerprint density at radius 3 is 0.929 bits per heavy atom. The molecule has 4 aromatic carbocycles. The van der Waals surface area contributed by atoms with Crippen molar-refractivity contribution in [1.29, 1.82) is 0 Å². The third-order valence-corrected chi connectivity index (χ3v) is 9.58. The molecule has 70 heavy (non-hydrogen) atoms. The predicted molar refractivity (Wildman–Crippen MR) is 231 cm³/mol. The molecule has 10 aromatic rings. The fraction of sp³-hybridized carbons (Fsp3) is 0. The Balaban J connectivity index is 0.000000214. The van der Waals surface area contributed by atoms with E-state index in [9.17, 15) is 0 Å². The minimum Gasteiger partial charge on any atom is -0.255 e. The van der Waals surface area contributed by atoms with Gasteiger partial charge in [0, 0.05) is 48.3 Å². The van der Waals surface area contributed by atoms with Gasteiger partial charge in [-0.25, -0.2) is 56.6 Å². The van der Waals surface area contributed by atoms with Gasteiger partial charge in [0.25, 0.3) is 0 Å². The monoisotopic (exact) mass is 1160 g/mol. The van der Waals surface area contributed by atoms with Crippen molar-refractivity contribution >= 4 is 0 Å². The van der Waals surface area contributed by atoms with Crippen LogP contribution in [0.25, 0.3) is 78.9 Å². The maximum absolute atomic E-state index is 8.49. The van der Waals surface area contributed by atoms with E-state index in [1.807, 2.05) is 107 Å². The number of rotatable bonds is 8. The summed E-state index contributed by atoms with van der Waals surface area (Å²) in [6.07, 6.45) is 11.0. The third kappa shape index (κ3) is 17.0. The van der Waals surface area contributed by atoms with E-state index in [4.69, 9.17) is 47.2 Å². The molecule has 0 amide bonds. The van der Waals surface area contributed by atoms with E-state index in [0.717, 1.165) is 78.9 Å². The molecule has 0 N–H and O–H groups in total. The van der Waals surface area contributed by atoms with Gasteiger partial charge < -0.3 is 0 Å². The predicted octanol–water partition coefficient (Wildman–Crippen LogP) is 1.81. The van der Waals surface area contributed by atoms with Gasteiger partial charge in [-0.3, -0.25) is 9.97 Å². The Hall–Kier alpha value is -6.36. The SMILES string of the molecule is [Ag+].[Ag+].[O-][Cl+3]([O-])([O-])[O-].[O-][Cl+3]([O-])([O-])[O-].c1ccc(-c2cc(-c3ccc(-n4cccn4)cc3)cc(-c3ccccn3)n2)cc1.c1ccc(-c2cc(-c3ccc(-n4cccn4)cc3)cc(-c3ccccn3)n2)cc1. The Kier molecular flexibility index (Phi) is 20.3. The number of pyridine rings is 4. The van der Waals surface area contributed by atoms with Crippen LogP contribution in [0.4, 0.5) is 0 Å². The fourth-order valence-corrected chi connectivity index (χ4v) is 6.66. The maximum Gasteiger partial charge on any atom is 1.00 e. The summed E-state index contributed by atoms with van der Waals surface area (Å²) in [6, 6.07) is 61.3. The number of hydrogen-bond donors (Lipinski definition) is 0. The number of hydrogen-bond acceptors (Lipinski definition) is 14. The van der Waals surface area contributed by atoms with Crippen LogP contribution < -0.4 is 37.3 Å². The van der Waals surface area contributed by atoms with E-state index >= 15 is 0 Å². The molecule has 0 saturated heterocycles. The Morgan fingerprint density at radius 1 is 0.300 bits per heavy atom. The van der Waals surface area contributed by atoms with Gasteiger partial charge in [-0.15, -0.1) is 20.5 Å². The standard InChI is InChI=1S/2C25H18N4.2Ag.2ClHO4/c2*1-2-7-20(8-3-1)24-17-21(18-25(28-24)23-9-4-5-14-26-23)19-10-12-22(13-11-19)29-16-6-15-27-29;;;2*2-1(3,4)5/h2*1-18H;;;2*(H,2,3,4,5)/q;;2*+1;;/p-2. The fourth-order valence-electron chi connectivity index (χ4n) is 6.66. The molecule has 360 valence electrons. The summed E-state index contributed by atoms with van der Waals surface area (Å²) in [5.41, 5.74) is 14.0. The van der Waals surface area contributed by atoms with E-state index in [1.54, 1.807) is 24.8 Å². The first-order chi connectivity index (χ1) is 32.7. The second kappa shape index (κ2) is 26.0. The van der Waals surface area contributed by atoms with Gasteiger partial charge in [0.05, 0.1) is 45.5 Å². The zero-order valence-corrected chi connectivity index (χ0v) is 40.5. The normalized spacial score (nSPS) is 10.6. The van der Waals surface area contributed by atoms with Crippen LogP contribution in [-0.2, 0) is 44.8 Å². The number of nitrogens with zero attached hydrogens (tertiary/aromatic N) is 8. The van der Waals surface area contributed by atoms with Gasteiger partial charge in [0.15, 0.2) is 0 Å². The van der Waals surface area contributed by atoms with Gasteiger partial charge in [0.1, 0.15) is 0 Å². The molecule has 10 rings (SSSR count). The molecule has 0 bridgehead atoms. The largest absolute Gasteiger partial charge is 1.00 e. The van der Waals surface area contributed by atoms with Crippen LogP contribution in [0.5, 0.6) is 0 Å². The molecule has 0 aliphatic heterocycles. The minimum atomic E-state index is -4.94. The van der Waals surface area contributed by atoms with Crippen LogP contribution in [-0.4, -0.2) is 39.5 Å². The first-order valence-electron chi connectivity index (χ1n) is 20.2. The van der Waals surface area contributed by atoms with E-state index in [1.165, 1.54) is 0 Å². The molecule has 6 aromatic heterocycles. The topological polar surface area (TPSA) is 272 Å². The number of aromatic nitrogens is 8. The van der Waals surface area contributed by atoms with Crippen LogP contribution in [0, 0.1) is 20.5 Å². The molecule has 6 heterocycles. The van der Waals surface area contributed by atoms with Gasteiger partial charge in [-0.2, -0.15) is 10.2 Å². The molecular weight excluding hydrogens is 1130 g/mol. The van der Waals surface area contributed by atoms with Crippen molar-refractivity contribution in [3.8, 4) is 78.9 Å². The molecule has 20 heteroatoms. The second-order valence-electron chi connectivity index (χ2n) is 14.2. The third-order valence-electron chi connectivity index (χ3n) is 9.58. The molecular formula is C50H36Ag2Cl2N8O8. The number of benzene rings is 4. The van der Waals surface area contributed by atoms with Crippen LogP contribution >= 0.6 is 0 Å². The first-order valence-corrected chi connectivity index (χ1v) is 22.6. The summed E-state index contributed by atoms with van der Waals surface area (Å²) in [4.78, 5) is 18.7. The van der Waals surface area contributed by atoms with E-state index in [-0.39, 0.29) is 44.8 Å². The maximum atomic E-state index is 8.49. The summed E-state index contributed by atoms with van der Waals surface area (Å²) < 4.78 is 71.6. The van der Waals surface area contributed by atoms with Crippen molar-refractivity contribution in [3.05, 3.63) is 219 Å². The summed E-state index contributed by atoms with van der Waals surface area (Å²) in [5.74, 6) is 0. The Labute approximate surface area is 437 Å². The van der Waals surface area contributed by atoms with E-state index in [0.29, 0.717) is 0 Å². The van der Waals surface area contributed by atoms with Crippen LogP contribution in [0.1, 0.15) is 0 Å². The molecule has 0 saturated carbocycles. The summed E-state index contributed by atoms with van der Waals surface area (Å²) in [5, 5.41) is 8.59. The molecule has 0 radical (unpaired) electrons. The van der Waals surface area contributed by atoms with Crippen molar-refractivity contribution in [2.75, 3.05) is 0 Å². The summed E-state index contributed by atoms with van der Waals surface area (Å²) >= 11 is 0. The molecule has 0 unspecified atom stereocenters.